The van der Waals surface area contributed by atoms with E-state index < -0.39 is 6.04 Å². The van der Waals surface area contributed by atoms with Crippen molar-refractivity contribution in [1.29, 1.82) is 0 Å². The quantitative estimate of drug-likeness (QED) is 0.596. The van der Waals surface area contributed by atoms with Gasteiger partial charge in [0.05, 0.1) is 0 Å². The van der Waals surface area contributed by atoms with E-state index in [1.54, 1.807) is 4.90 Å². The van der Waals surface area contributed by atoms with Gasteiger partial charge < -0.3 is 10.2 Å². The molecule has 30 heavy (non-hydrogen) atoms. The number of rotatable bonds is 10. The standard InChI is InChI=1S/C26H36N2O2/c1-6-20(4)27-26(30)21(5)28(18-23-10-8-7-9-11-23)25(29)17-14-22-12-15-24(16-13-22)19(2)3/h7-13,15-16,19-21H,6,14,17-18H2,1-5H3,(H,27,30)/t20-,21-/m0/s1. The van der Waals surface area contributed by atoms with E-state index in [4.69, 9.17) is 0 Å². The third-order valence-electron chi connectivity index (χ3n) is 5.64. The Morgan fingerprint density at radius 3 is 2.10 bits per heavy atom. The minimum Gasteiger partial charge on any atom is -0.352 e. The van der Waals surface area contributed by atoms with E-state index in [9.17, 15) is 9.59 Å². The molecule has 0 unspecified atom stereocenters. The molecular weight excluding hydrogens is 372 g/mol. The van der Waals surface area contributed by atoms with Gasteiger partial charge in [-0.3, -0.25) is 9.59 Å². The molecule has 0 aromatic heterocycles. The summed E-state index contributed by atoms with van der Waals surface area (Å²) in [5.74, 6) is 0.389. The monoisotopic (exact) mass is 408 g/mol. The average molecular weight is 409 g/mol. The summed E-state index contributed by atoms with van der Waals surface area (Å²) in [6, 6.07) is 17.9. The summed E-state index contributed by atoms with van der Waals surface area (Å²) in [4.78, 5) is 27.6. The van der Waals surface area contributed by atoms with Gasteiger partial charge in [0.15, 0.2) is 0 Å². The zero-order valence-electron chi connectivity index (χ0n) is 19.0. The molecule has 2 amide bonds. The molecule has 2 atom stereocenters. The highest BCUT2D eigenvalue weighted by Gasteiger charge is 2.26. The summed E-state index contributed by atoms with van der Waals surface area (Å²) in [7, 11) is 0. The van der Waals surface area contributed by atoms with Gasteiger partial charge in [0.1, 0.15) is 6.04 Å². The Kier molecular flexibility index (Phi) is 9.10. The maximum atomic E-state index is 13.1. The topological polar surface area (TPSA) is 49.4 Å². The Balaban J connectivity index is 2.09. The van der Waals surface area contributed by atoms with Crippen molar-refractivity contribution in [2.45, 2.75) is 78.4 Å². The molecule has 0 bridgehead atoms. The van der Waals surface area contributed by atoms with Crippen LogP contribution in [0.15, 0.2) is 54.6 Å². The van der Waals surface area contributed by atoms with Crippen molar-refractivity contribution < 1.29 is 9.59 Å². The average Bonchev–Trinajstić information content (AvgIpc) is 2.76. The second kappa shape index (κ2) is 11.5. The minimum atomic E-state index is -0.518. The number of carbonyl (C=O) groups excluding carboxylic acids is 2. The summed E-state index contributed by atoms with van der Waals surface area (Å²) >= 11 is 0. The SMILES string of the molecule is CC[C@H](C)NC(=O)[C@H](C)N(Cc1ccccc1)C(=O)CCc1ccc(C(C)C)cc1. The highest BCUT2D eigenvalue weighted by Crippen LogP contribution is 2.17. The van der Waals surface area contributed by atoms with Crippen LogP contribution in [0.3, 0.4) is 0 Å². The second-order valence-electron chi connectivity index (χ2n) is 8.40. The largest absolute Gasteiger partial charge is 0.352 e. The summed E-state index contributed by atoms with van der Waals surface area (Å²) < 4.78 is 0. The Labute approximate surface area is 181 Å². The van der Waals surface area contributed by atoms with Gasteiger partial charge in [-0.2, -0.15) is 0 Å². The first-order valence-corrected chi connectivity index (χ1v) is 11.0. The molecule has 0 fully saturated rings. The number of hydrogen-bond acceptors (Lipinski definition) is 2. The van der Waals surface area contributed by atoms with Crippen molar-refractivity contribution in [2.24, 2.45) is 0 Å². The number of nitrogens with zero attached hydrogens (tertiary/aromatic N) is 1. The normalized spacial score (nSPS) is 13.0. The molecule has 4 heteroatoms. The van der Waals surface area contributed by atoms with Crippen LogP contribution < -0.4 is 5.32 Å². The summed E-state index contributed by atoms with van der Waals surface area (Å²) in [5.41, 5.74) is 3.46. The van der Waals surface area contributed by atoms with Crippen LogP contribution in [0.4, 0.5) is 0 Å². The van der Waals surface area contributed by atoms with Crippen molar-refractivity contribution >= 4 is 11.8 Å². The summed E-state index contributed by atoms with van der Waals surface area (Å²) in [6.45, 7) is 10.6. The van der Waals surface area contributed by atoms with Gasteiger partial charge in [0.2, 0.25) is 11.8 Å². The number of aryl methyl sites for hydroxylation is 1. The first kappa shape index (κ1) is 23.7. The number of nitrogens with one attached hydrogen (secondary N) is 1. The van der Waals surface area contributed by atoms with Crippen LogP contribution in [0, 0.1) is 0 Å². The van der Waals surface area contributed by atoms with Crippen LogP contribution in [0.25, 0.3) is 0 Å². The zero-order chi connectivity index (χ0) is 22.1. The van der Waals surface area contributed by atoms with Crippen LogP contribution >= 0.6 is 0 Å². The van der Waals surface area contributed by atoms with Crippen LogP contribution in [0.1, 0.15) is 70.1 Å². The molecule has 0 aliphatic carbocycles. The lowest BCUT2D eigenvalue weighted by Gasteiger charge is -2.29. The van der Waals surface area contributed by atoms with Crippen LogP contribution in [-0.2, 0) is 22.6 Å². The van der Waals surface area contributed by atoms with E-state index >= 15 is 0 Å². The fourth-order valence-electron chi connectivity index (χ4n) is 3.29. The molecule has 0 spiro atoms. The van der Waals surface area contributed by atoms with Gasteiger partial charge in [-0.05, 0) is 49.3 Å². The van der Waals surface area contributed by atoms with Crippen molar-refractivity contribution in [3.05, 3.63) is 71.3 Å². The first-order chi connectivity index (χ1) is 14.3. The number of carbonyl (C=O) groups is 2. The van der Waals surface area contributed by atoms with Crippen molar-refractivity contribution in [2.75, 3.05) is 0 Å². The van der Waals surface area contributed by atoms with E-state index in [2.05, 4.69) is 43.4 Å². The Morgan fingerprint density at radius 1 is 0.900 bits per heavy atom. The molecule has 162 valence electrons. The molecule has 2 aromatic carbocycles. The fraction of sp³-hybridized carbons (Fsp3) is 0.462. The zero-order valence-corrected chi connectivity index (χ0v) is 19.0. The van der Waals surface area contributed by atoms with Crippen molar-refractivity contribution in [1.82, 2.24) is 10.2 Å². The molecule has 2 rings (SSSR count). The van der Waals surface area contributed by atoms with Gasteiger partial charge in [0.25, 0.3) is 0 Å². The highest BCUT2D eigenvalue weighted by atomic mass is 16.2. The van der Waals surface area contributed by atoms with E-state index in [0.717, 1.165) is 17.5 Å². The maximum absolute atomic E-state index is 13.1. The Bertz CT molecular complexity index is 800. The number of hydrogen-bond donors (Lipinski definition) is 1. The molecule has 0 saturated heterocycles. The van der Waals surface area contributed by atoms with Crippen LogP contribution in [0.5, 0.6) is 0 Å². The first-order valence-electron chi connectivity index (χ1n) is 11.0. The van der Waals surface area contributed by atoms with Crippen LogP contribution in [-0.4, -0.2) is 28.8 Å². The lowest BCUT2D eigenvalue weighted by atomic mass is 10.00. The van der Waals surface area contributed by atoms with E-state index in [0.29, 0.717) is 25.3 Å². The number of amides is 2. The van der Waals surface area contributed by atoms with Gasteiger partial charge in [-0.15, -0.1) is 0 Å². The minimum absolute atomic E-state index is 0.00130. The molecule has 0 saturated carbocycles. The lowest BCUT2D eigenvalue weighted by Crippen LogP contribution is -2.49. The predicted octanol–water partition coefficient (Wildman–Crippen LogP) is 5.07. The summed E-state index contributed by atoms with van der Waals surface area (Å²) in [5, 5.41) is 3.01. The molecule has 0 heterocycles. The third-order valence-corrected chi connectivity index (χ3v) is 5.64. The van der Waals surface area contributed by atoms with Gasteiger partial charge in [-0.1, -0.05) is 75.4 Å². The fourth-order valence-corrected chi connectivity index (χ4v) is 3.29. The van der Waals surface area contributed by atoms with Crippen molar-refractivity contribution in [3.63, 3.8) is 0 Å². The van der Waals surface area contributed by atoms with E-state index in [-0.39, 0.29) is 17.9 Å². The molecule has 2 aromatic rings. The van der Waals surface area contributed by atoms with Gasteiger partial charge >= 0.3 is 0 Å². The molecule has 0 aliphatic rings. The Hall–Kier alpha value is -2.62. The smallest absolute Gasteiger partial charge is 0.242 e. The maximum Gasteiger partial charge on any atom is 0.242 e. The third kappa shape index (κ3) is 7.01. The molecule has 4 nitrogen and oxygen atoms in total. The van der Waals surface area contributed by atoms with E-state index in [1.165, 1.54) is 5.56 Å². The molecular formula is C26H36N2O2. The van der Waals surface area contributed by atoms with E-state index in [1.807, 2.05) is 51.1 Å². The van der Waals surface area contributed by atoms with Gasteiger partial charge in [-0.25, -0.2) is 0 Å². The molecule has 0 aliphatic heterocycles. The van der Waals surface area contributed by atoms with Crippen molar-refractivity contribution in [3.8, 4) is 0 Å². The number of benzene rings is 2. The summed E-state index contributed by atoms with van der Waals surface area (Å²) in [6.07, 6.45) is 1.91. The Morgan fingerprint density at radius 2 is 1.53 bits per heavy atom. The highest BCUT2D eigenvalue weighted by molar-refractivity contribution is 5.87. The van der Waals surface area contributed by atoms with Gasteiger partial charge in [0, 0.05) is 19.0 Å². The molecule has 0 radical (unpaired) electrons. The second-order valence-corrected chi connectivity index (χ2v) is 8.40. The van der Waals surface area contributed by atoms with Crippen LogP contribution in [0.2, 0.25) is 0 Å². The lowest BCUT2D eigenvalue weighted by molar-refractivity contribution is -0.140. The predicted molar refractivity (Wildman–Crippen MR) is 123 cm³/mol. The molecule has 1 N–H and O–H groups in total.